The van der Waals surface area contributed by atoms with Gasteiger partial charge >= 0.3 is 0 Å². The molecule has 0 amide bonds. The highest BCUT2D eigenvalue weighted by molar-refractivity contribution is 5.54. The van der Waals surface area contributed by atoms with Gasteiger partial charge in [-0.05, 0) is 56.5 Å². The lowest BCUT2D eigenvalue weighted by Gasteiger charge is -2.09. The molecule has 6 nitrogen and oxygen atoms in total. The van der Waals surface area contributed by atoms with Gasteiger partial charge in [-0.2, -0.15) is 10.2 Å². The van der Waals surface area contributed by atoms with E-state index in [1.54, 1.807) is 6.07 Å². The predicted molar refractivity (Wildman–Crippen MR) is 103 cm³/mol. The number of anilines is 1. The molecule has 0 aliphatic rings. The number of aromatic nitrogens is 1. The molecular weight excluding hydrogens is 342 g/mol. The number of benzene rings is 1. The second-order valence-corrected chi connectivity index (χ2v) is 6.59. The molecule has 0 fully saturated rings. The fourth-order valence-corrected chi connectivity index (χ4v) is 2.51. The van der Waals surface area contributed by atoms with Crippen LogP contribution in [0.25, 0.3) is 11.7 Å². The van der Waals surface area contributed by atoms with Crippen LogP contribution in [0.2, 0.25) is 0 Å². The van der Waals surface area contributed by atoms with E-state index in [0.717, 1.165) is 23.3 Å². The molecule has 3 aromatic rings. The quantitative estimate of drug-likeness (QED) is 0.618. The lowest BCUT2D eigenvalue weighted by atomic mass is 10.1. The Bertz CT molecular complexity index is 965. The minimum atomic E-state index is 0.177. The first-order valence-corrected chi connectivity index (χ1v) is 8.96. The smallest absolute Gasteiger partial charge is 0.266 e. The summed E-state index contributed by atoms with van der Waals surface area (Å²) in [7, 11) is 0. The normalized spacial score (nSPS) is 11.8. The van der Waals surface area contributed by atoms with Crippen molar-refractivity contribution in [1.82, 2.24) is 4.98 Å². The highest BCUT2D eigenvalue weighted by Gasteiger charge is 2.18. The molecule has 0 saturated carbocycles. The van der Waals surface area contributed by atoms with Crippen molar-refractivity contribution in [2.75, 3.05) is 5.32 Å². The molecule has 0 spiro atoms. The largest absolute Gasteiger partial charge is 0.485 e. The van der Waals surface area contributed by atoms with Gasteiger partial charge in [0.05, 0.1) is 0 Å². The fourth-order valence-electron chi connectivity index (χ4n) is 2.51. The van der Waals surface area contributed by atoms with Crippen molar-refractivity contribution in [2.24, 2.45) is 0 Å². The van der Waals surface area contributed by atoms with Crippen LogP contribution >= 0.6 is 0 Å². The molecule has 3 rings (SSSR count). The third-order valence-corrected chi connectivity index (χ3v) is 4.31. The Hall–Kier alpha value is -3.20. The minimum absolute atomic E-state index is 0.177. The van der Waals surface area contributed by atoms with E-state index in [1.165, 1.54) is 0 Å². The maximum atomic E-state index is 9.27. The first kappa shape index (κ1) is 18.6. The molecular formula is C21H23N3O3. The molecule has 140 valence electrons. The lowest BCUT2D eigenvalue weighted by Crippen LogP contribution is -2.13. The molecule has 0 aliphatic carbocycles. The number of hydrogen-bond donors (Lipinski definition) is 1. The first-order valence-electron chi connectivity index (χ1n) is 8.96. The van der Waals surface area contributed by atoms with Gasteiger partial charge in [0, 0.05) is 6.04 Å². The van der Waals surface area contributed by atoms with E-state index >= 15 is 0 Å². The lowest BCUT2D eigenvalue weighted by molar-refractivity contribution is 0.269. The van der Waals surface area contributed by atoms with Crippen LogP contribution in [0.3, 0.4) is 0 Å². The zero-order valence-corrected chi connectivity index (χ0v) is 16.0. The van der Waals surface area contributed by atoms with Crippen molar-refractivity contribution in [3.8, 4) is 23.5 Å². The Balaban J connectivity index is 1.74. The number of furan rings is 1. The molecule has 0 unspecified atom stereocenters. The van der Waals surface area contributed by atoms with E-state index in [0.29, 0.717) is 24.0 Å². The fraction of sp³-hybridized carbons (Fsp3) is 0.333. The van der Waals surface area contributed by atoms with Crippen LogP contribution in [0, 0.1) is 25.2 Å². The maximum Gasteiger partial charge on any atom is 0.266 e. The van der Waals surface area contributed by atoms with Gasteiger partial charge in [-0.3, -0.25) is 0 Å². The summed E-state index contributed by atoms with van der Waals surface area (Å²) in [6.45, 7) is 8.39. The van der Waals surface area contributed by atoms with Crippen LogP contribution < -0.4 is 10.1 Å². The predicted octanol–water partition coefficient (Wildman–Crippen LogP) is 5.21. The van der Waals surface area contributed by atoms with E-state index in [9.17, 15) is 5.26 Å². The monoisotopic (exact) mass is 365 g/mol. The van der Waals surface area contributed by atoms with Gasteiger partial charge in [-0.15, -0.1) is 0 Å². The van der Waals surface area contributed by atoms with Gasteiger partial charge in [0.25, 0.3) is 5.89 Å². The Morgan fingerprint density at radius 2 is 2.04 bits per heavy atom. The first-order chi connectivity index (χ1) is 13.0. The molecule has 2 heterocycles. The Labute approximate surface area is 158 Å². The molecule has 1 aromatic carbocycles. The van der Waals surface area contributed by atoms with E-state index in [1.807, 2.05) is 51.1 Å². The van der Waals surface area contributed by atoms with Crippen LogP contribution in [0.15, 0.2) is 39.2 Å². The molecule has 1 N–H and O–H groups in total. The summed E-state index contributed by atoms with van der Waals surface area (Å²) >= 11 is 0. The number of aryl methyl sites for hydroxylation is 2. The molecule has 0 saturated heterocycles. The maximum absolute atomic E-state index is 9.27. The van der Waals surface area contributed by atoms with Crippen molar-refractivity contribution in [3.05, 3.63) is 52.9 Å². The molecule has 0 aliphatic heterocycles. The molecule has 2 aromatic heterocycles. The molecule has 0 radical (unpaired) electrons. The number of ether oxygens (including phenoxy) is 1. The van der Waals surface area contributed by atoms with E-state index in [2.05, 4.69) is 17.2 Å². The van der Waals surface area contributed by atoms with Gasteiger partial charge < -0.3 is 18.9 Å². The number of nitrogens with one attached hydrogen (secondary N) is 1. The second kappa shape index (κ2) is 8.00. The van der Waals surface area contributed by atoms with E-state index < -0.39 is 0 Å². The van der Waals surface area contributed by atoms with Crippen molar-refractivity contribution in [2.45, 2.75) is 46.8 Å². The summed E-state index contributed by atoms with van der Waals surface area (Å²) in [6.07, 6.45) is 0.904. The van der Waals surface area contributed by atoms with Gasteiger partial charge in [0.2, 0.25) is 11.6 Å². The Kier molecular flexibility index (Phi) is 5.51. The zero-order chi connectivity index (χ0) is 19.4. The summed E-state index contributed by atoms with van der Waals surface area (Å²) < 4.78 is 17.3. The summed E-state index contributed by atoms with van der Waals surface area (Å²) in [6, 6.07) is 11.9. The highest BCUT2D eigenvalue weighted by Crippen LogP contribution is 2.28. The zero-order valence-electron chi connectivity index (χ0n) is 16.0. The SMILES string of the molecule is CC[C@@H](C)Nc1oc(-c2ccc(COc3cc(C)ccc3C)o2)nc1C#N. The Morgan fingerprint density at radius 3 is 2.78 bits per heavy atom. The number of nitrogens with zero attached hydrogens (tertiary/aromatic N) is 2. The Morgan fingerprint density at radius 1 is 1.22 bits per heavy atom. The molecule has 0 bridgehead atoms. The van der Waals surface area contributed by atoms with Crippen LogP contribution in [0.4, 0.5) is 5.88 Å². The third-order valence-electron chi connectivity index (χ3n) is 4.31. The van der Waals surface area contributed by atoms with Gasteiger partial charge in [-0.25, -0.2) is 0 Å². The second-order valence-electron chi connectivity index (χ2n) is 6.59. The number of hydrogen-bond acceptors (Lipinski definition) is 6. The van der Waals surface area contributed by atoms with E-state index in [-0.39, 0.29) is 17.6 Å². The summed E-state index contributed by atoms with van der Waals surface area (Å²) in [5.74, 6) is 2.58. The average Bonchev–Trinajstić information content (AvgIpc) is 3.29. The van der Waals surface area contributed by atoms with Crippen LogP contribution in [-0.4, -0.2) is 11.0 Å². The topological polar surface area (TPSA) is 84.2 Å². The highest BCUT2D eigenvalue weighted by atomic mass is 16.5. The molecule has 6 heteroatoms. The van der Waals surface area contributed by atoms with Crippen molar-refractivity contribution in [1.29, 1.82) is 5.26 Å². The van der Waals surface area contributed by atoms with Gasteiger partial charge in [0.15, 0.2) is 5.76 Å². The van der Waals surface area contributed by atoms with Crippen molar-refractivity contribution < 1.29 is 13.6 Å². The number of oxazole rings is 1. The number of rotatable bonds is 7. The summed E-state index contributed by atoms with van der Waals surface area (Å²) in [5, 5.41) is 12.4. The summed E-state index contributed by atoms with van der Waals surface area (Å²) in [5.41, 5.74) is 2.43. The van der Waals surface area contributed by atoms with Crippen LogP contribution in [-0.2, 0) is 6.61 Å². The van der Waals surface area contributed by atoms with Crippen LogP contribution in [0.5, 0.6) is 5.75 Å². The van der Waals surface area contributed by atoms with Crippen molar-refractivity contribution in [3.63, 3.8) is 0 Å². The molecule has 1 atom stereocenters. The van der Waals surface area contributed by atoms with Crippen LogP contribution in [0.1, 0.15) is 42.8 Å². The standard InChI is InChI=1S/C21H23N3O3/c1-5-15(4)23-20-17(11-22)24-21(27-20)18-9-8-16(26-18)12-25-19-10-13(2)6-7-14(19)3/h6-10,15,23H,5,12H2,1-4H3/t15-/m1/s1. The minimum Gasteiger partial charge on any atom is -0.485 e. The summed E-state index contributed by atoms with van der Waals surface area (Å²) in [4.78, 5) is 4.22. The third kappa shape index (κ3) is 4.32. The number of nitriles is 1. The van der Waals surface area contributed by atoms with Crippen molar-refractivity contribution >= 4 is 5.88 Å². The average molecular weight is 365 g/mol. The van der Waals surface area contributed by atoms with Gasteiger partial charge in [-0.1, -0.05) is 19.1 Å². The van der Waals surface area contributed by atoms with Gasteiger partial charge in [0.1, 0.15) is 24.2 Å². The van der Waals surface area contributed by atoms with E-state index in [4.69, 9.17) is 13.6 Å². The molecule has 27 heavy (non-hydrogen) atoms.